The molecule has 0 radical (unpaired) electrons. The molecule has 1 fully saturated rings. The maximum atomic E-state index is 12.0. The van der Waals surface area contributed by atoms with Gasteiger partial charge in [-0.2, -0.15) is 0 Å². The lowest BCUT2D eigenvalue weighted by atomic mass is 9.98. The third kappa shape index (κ3) is 5.17. The standard InChI is InChI=1S/C17H24N4O4/c1-3-25-16(22)14-7-5-9-20(12-14)17(18-2)19-11-13-6-4-8-15(10-13)21(23)24/h4,6,8,10,14H,3,5,7,9,11-12H2,1-2H3,(H,18,19). The van der Waals surface area contributed by atoms with Crippen molar-refractivity contribution in [3.63, 3.8) is 0 Å². The summed E-state index contributed by atoms with van der Waals surface area (Å²) >= 11 is 0. The van der Waals surface area contributed by atoms with Crippen LogP contribution in [0.3, 0.4) is 0 Å². The highest BCUT2D eigenvalue weighted by molar-refractivity contribution is 5.81. The summed E-state index contributed by atoms with van der Waals surface area (Å²) < 4.78 is 5.12. The summed E-state index contributed by atoms with van der Waals surface area (Å²) in [5.41, 5.74) is 0.865. The molecule has 1 heterocycles. The third-order valence-electron chi connectivity index (χ3n) is 4.12. The van der Waals surface area contributed by atoms with Crippen LogP contribution >= 0.6 is 0 Å². The largest absolute Gasteiger partial charge is 0.466 e. The Morgan fingerprint density at radius 2 is 2.32 bits per heavy atom. The van der Waals surface area contributed by atoms with E-state index in [9.17, 15) is 14.9 Å². The highest BCUT2D eigenvalue weighted by Crippen LogP contribution is 2.18. The van der Waals surface area contributed by atoms with Crippen LogP contribution in [-0.4, -0.2) is 48.5 Å². The van der Waals surface area contributed by atoms with Gasteiger partial charge in [-0.05, 0) is 25.3 Å². The van der Waals surface area contributed by atoms with E-state index in [0.29, 0.717) is 25.7 Å². The molecular formula is C17H24N4O4. The molecule has 1 unspecified atom stereocenters. The Bertz CT molecular complexity index is 647. The Labute approximate surface area is 147 Å². The van der Waals surface area contributed by atoms with Gasteiger partial charge in [0.2, 0.25) is 0 Å². The summed E-state index contributed by atoms with van der Waals surface area (Å²) in [6, 6.07) is 6.49. The van der Waals surface area contributed by atoms with E-state index in [1.54, 1.807) is 20.0 Å². The summed E-state index contributed by atoms with van der Waals surface area (Å²) in [7, 11) is 1.68. The molecule has 2 rings (SSSR count). The minimum atomic E-state index is -0.410. The Balaban J connectivity index is 1.97. The maximum absolute atomic E-state index is 12.0. The van der Waals surface area contributed by atoms with Crippen molar-refractivity contribution < 1.29 is 14.5 Å². The fraction of sp³-hybridized carbons (Fsp3) is 0.529. The number of carbonyl (C=O) groups excluding carboxylic acids is 1. The van der Waals surface area contributed by atoms with Crippen molar-refractivity contribution in [3.05, 3.63) is 39.9 Å². The SMILES string of the molecule is CCOC(=O)C1CCCN(C(=NC)NCc2cccc([N+](=O)[O-])c2)C1. The van der Waals surface area contributed by atoms with E-state index in [4.69, 9.17) is 4.74 Å². The number of non-ortho nitro benzene ring substituents is 1. The van der Waals surface area contributed by atoms with E-state index in [-0.39, 0.29) is 17.6 Å². The number of nitro groups is 1. The van der Waals surface area contributed by atoms with Crippen LogP contribution in [0.5, 0.6) is 0 Å². The topological polar surface area (TPSA) is 97.1 Å². The van der Waals surface area contributed by atoms with Crippen LogP contribution in [0.25, 0.3) is 0 Å². The number of piperidine rings is 1. The molecule has 1 aromatic rings. The Hall–Kier alpha value is -2.64. The smallest absolute Gasteiger partial charge is 0.310 e. The van der Waals surface area contributed by atoms with Crippen LogP contribution in [0.2, 0.25) is 0 Å². The molecule has 0 saturated carbocycles. The number of aliphatic imine (C=N–C) groups is 1. The highest BCUT2D eigenvalue weighted by atomic mass is 16.6. The predicted octanol–water partition coefficient (Wildman–Crippen LogP) is 1.95. The number of esters is 1. The zero-order valence-corrected chi connectivity index (χ0v) is 14.6. The second-order valence-corrected chi connectivity index (χ2v) is 5.86. The number of likely N-dealkylation sites (tertiary alicyclic amines) is 1. The van der Waals surface area contributed by atoms with Gasteiger partial charge in [-0.1, -0.05) is 12.1 Å². The van der Waals surface area contributed by atoms with Crippen LogP contribution < -0.4 is 5.32 Å². The van der Waals surface area contributed by atoms with Crippen molar-refractivity contribution in [2.45, 2.75) is 26.3 Å². The number of benzene rings is 1. The molecule has 1 atom stereocenters. The van der Waals surface area contributed by atoms with Gasteiger partial charge in [0.25, 0.3) is 5.69 Å². The highest BCUT2D eigenvalue weighted by Gasteiger charge is 2.28. The number of nitrogens with zero attached hydrogens (tertiary/aromatic N) is 3. The van der Waals surface area contributed by atoms with Crippen LogP contribution in [-0.2, 0) is 16.1 Å². The van der Waals surface area contributed by atoms with Crippen molar-refractivity contribution in [1.82, 2.24) is 10.2 Å². The van der Waals surface area contributed by atoms with Crippen LogP contribution in [0.1, 0.15) is 25.3 Å². The first-order chi connectivity index (χ1) is 12.0. The summed E-state index contributed by atoms with van der Waals surface area (Å²) in [4.78, 5) is 28.7. The summed E-state index contributed by atoms with van der Waals surface area (Å²) in [5.74, 6) is 0.368. The van der Waals surface area contributed by atoms with Gasteiger partial charge in [0.05, 0.1) is 17.4 Å². The van der Waals surface area contributed by atoms with Gasteiger partial charge in [0.15, 0.2) is 5.96 Å². The van der Waals surface area contributed by atoms with Gasteiger partial charge in [0.1, 0.15) is 0 Å². The fourth-order valence-electron chi connectivity index (χ4n) is 2.92. The molecule has 0 amide bonds. The van der Waals surface area contributed by atoms with Crippen molar-refractivity contribution >= 4 is 17.6 Å². The molecule has 0 bridgehead atoms. The predicted molar refractivity (Wildman–Crippen MR) is 94.2 cm³/mol. The lowest BCUT2D eigenvalue weighted by molar-refractivity contribution is -0.384. The zero-order chi connectivity index (χ0) is 18.2. The van der Waals surface area contributed by atoms with E-state index in [2.05, 4.69) is 10.3 Å². The summed E-state index contributed by atoms with van der Waals surface area (Å²) in [5, 5.41) is 14.1. The van der Waals surface area contributed by atoms with E-state index in [1.165, 1.54) is 12.1 Å². The van der Waals surface area contributed by atoms with Gasteiger partial charge in [-0.25, -0.2) is 0 Å². The molecule has 0 aliphatic carbocycles. The summed E-state index contributed by atoms with van der Waals surface area (Å²) in [6.45, 7) is 3.99. The van der Waals surface area contributed by atoms with Gasteiger partial charge in [0, 0.05) is 38.8 Å². The second-order valence-electron chi connectivity index (χ2n) is 5.86. The average Bonchev–Trinajstić information content (AvgIpc) is 2.63. The van der Waals surface area contributed by atoms with Crippen molar-refractivity contribution in [3.8, 4) is 0 Å². The minimum absolute atomic E-state index is 0.0645. The molecule has 8 nitrogen and oxygen atoms in total. The number of carbonyl (C=O) groups is 1. The Morgan fingerprint density at radius 1 is 1.52 bits per heavy atom. The minimum Gasteiger partial charge on any atom is -0.466 e. The average molecular weight is 348 g/mol. The lowest BCUT2D eigenvalue weighted by Gasteiger charge is -2.33. The number of nitro benzene ring substituents is 1. The van der Waals surface area contributed by atoms with Crippen LogP contribution in [0, 0.1) is 16.0 Å². The number of rotatable bonds is 5. The van der Waals surface area contributed by atoms with Crippen LogP contribution in [0.15, 0.2) is 29.3 Å². The number of hydrogen-bond donors (Lipinski definition) is 1. The van der Waals surface area contributed by atoms with E-state index in [1.807, 2.05) is 11.0 Å². The quantitative estimate of drug-likeness (QED) is 0.287. The first-order valence-electron chi connectivity index (χ1n) is 8.40. The van der Waals surface area contributed by atoms with Crippen LogP contribution in [0.4, 0.5) is 5.69 Å². The van der Waals surface area contributed by atoms with E-state index in [0.717, 1.165) is 24.9 Å². The Kier molecular flexibility index (Phi) is 6.73. The summed E-state index contributed by atoms with van der Waals surface area (Å²) in [6.07, 6.45) is 1.71. The second kappa shape index (κ2) is 9.00. The fourth-order valence-corrected chi connectivity index (χ4v) is 2.92. The molecule has 25 heavy (non-hydrogen) atoms. The molecule has 0 aromatic heterocycles. The van der Waals surface area contributed by atoms with Crippen molar-refractivity contribution in [1.29, 1.82) is 0 Å². The number of guanidine groups is 1. The maximum Gasteiger partial charge on any atom is 0.310 e. The number of ether oxygens (including phenoxy) is 1. The van der Waals surface area contributed by atoms with Crippen molar-refractivity contribution in [2.75, 3.05) is 26.7 Å². The molecule has 1 saturated heterocycles. The molecule has 0 spiro atoms. The van der Waals surface area contributed by atoms with Crippen molar-refractivity contribution in [2.24, 2.45) is 10.9 Å². The molecule has 1 N–H and O–H groups in total. The molecule has 1 aromatic carbocycles. The zero-order valence-electron chi connectivity index (χ0n) is 14.6. The van der Waals surface area contributed by atoms with Gasteiger partial charge in [-0.3, -0.25) is 19.9 Å². The van der Waals surface area contributed by atoms with E-state index >= 15 is 0 Å². The van der Waals surface area contributed by atoms with Gasteiger partial charge in [-0.15, -0.1) is 0 Å². The van der Waals surface area contributed by atoms with Gasteiger partial charge < -0.3 is 15.0 Å². The Morgan fingerprint density at radius 3 is 3.00 bits per heavy atom. The van der Waals surface area contributed by atoms with Gasteiger partial charge >= 0.3 is 5.97 Å². The molecule has 136 valence electrons. The number of hydrogen-bond acceptors (Lipinski definition) is 5. The third-order valence-corrected chi connectivity index (χ3v) is 4.12. The monoisotopic (exact) mass is 348 g/mol. The molecule has 1 aliphatic rings. The normalized spacial score (nSPS) is 17.9. The number of nitrogens with one attached hydrogen (secondary N) is 1. The first-order valence-corrected chi connectivity index (χ1v) is 8.40. The molecular weight excluding hydrogens is 324 g/mol. The first kappa shape index (κ1) is 18.7. The van der Waals surface area contributed by atoms with E-state index < -0.39 is 4.92 Å². The molecule has 1 aliphatic heterocycles. The lowest BCUT2D eigenvalue weighted by Crippen LogP contribution is -2.48. The molecule has 8 heteroatoms.